The van der Waals surface area contributed by atoms with Gasteiger partial charge in [0.2, 0.25) is 0 Å². The highest BCUT2D eigenvalue weighted by atomic mass is 79.9. The minimum Gasteiger partial charge on any atom is -0.465 e. The number of ether oxygens (including phenoxy) is 3. The number of alkyl halides is 1. The van der Waals surface area contributed by atoms with Gasteiger partial charge in [-0.2, -0.15) is 0 Å². The summed E-state index contributed by atoms with van der Waals surface area (Å²) < 4.78 is 15.4. The van der Waals surface area contributed by atoms with Crippen LogP contribution in [0, 0.1) is 0 Å². The van der Waals surface area contributed by atoms with Gasteiger partial charge in [0, 0.05) is 7.11 Å². The number of hydrogen-bond donors (Lipinski definition) is 0. The molecule has 0 unspecified atom stereocenters. The molecule has 0 saturated carbocycles. The Labute approximate surface area is 92.0 Å². The highest BCUT2D eigenvalue weighted by molar-refractivity contribution is 9.09. The van der Waals surface area contributed by atoms with Crippen LogP contribution in [0.5, 0.6) is 0 Å². The minimum absolute atomic E-state index is 0.00264. The van der Waals surface area contributed by atoms with Gasteiger partial charge in [0.05, 0.1) is 18.0 Å². The topological polar surface area (TPSA) is 44.8 Å². The van der Waals surface area contributed by atoms with E-state index in [9.17, 15) is 4.79 Å². The van der Waals surface area contributed by atoms with Crippen molar-refractivity contribution >= 4 is 21.9 Å². The molecule has 1 saturated heterocycles. The molecule has 4 nitrogen and oxygen atoms in total. The smallest absolute Gasteiger partial charge is 0.367 e. The molecule has 1 aliphatic rings. The van der Waals surface area contributed by atoms with E-state index in [2.05, 4.69) is 20.7 Å². The summed E-state index contributed by atoms with van der Waals surface area (Å²) in [5, 5.41) is 0. The first kappa shape index (κ1) is 11.9. The Morgan fingerprint density at radius 2 is 2.14 bits per heavy atom. The molecule has 0 aromatic carbocycles. The number of methoxy groups -OCH3 is 2. The molecule has 3 atom stereocenters. The number of hydrogen-bond acceptors (Lipinski definition) is 4. The van der Waals surface area contributed by atoms with Crippen LogP contribution in [0.2, 0.25) is 0 Å². The van der Waals surface area contributed by atoms with Gasteiger partial charge in [-0.3, -0.25) is 0 Å². The van der Waals surface area contributed by atoms with E-state index in [1.165, 1.54) is 14.2 Å². The predicted molar refractivity (Wildman–Crippen MR) is 54.3 cm³/mol. The predicted octanol–water partition coefficient (Wildman–Crippen LogP) is 1.46. The Morgan fingerprint density at radius 1 is 1.50 bits per heavy atom. The van der Waals surface area contributed by atoms with Gasteiger partial charge in [-0.1, -0.05) is 15.9 Å². The van der Waals surface area contributed by atoms with Crippen LogP contribution >= 0.6 is 15.9 Å². The van der Waals surface area contributed by atoms with Crippen molar-refractivity contribution in [2.75, 3.05) is 14.2 Å². The Kier molecular flexibility index (Phi) is 3.92. The molecule has 0 spiro atoms. The van der Waals surface area contributed by atoms with E-state index in [4.69, 9.17) is 9.47 Å². The monoisotopic (exact) mass is 266 g/mol. The number of halogens is 1. The molecule has 0 aliphatic carbocycles. The van der Waals surface area contributed by atoms with Gasteiger partial charge in [0.25, 0.3) is 5.79 Å². The zero-order valence-corrected chi connectivity index (χ0v) is 10.2. The summed E-state index contributed by atoms with van der Waals surface area (Å²) in [6.45, 7) is 1.91. The Balaban J connectivity index is 2.88. The maximum absolute atomic E-state index is 11.6. The van der Waals surface area contributed by atoms with Crippen molar-refractivity contribution in [2.45, 2.75) is 36.5 Å². The number of esters is 1. The summed E-state index contributed by atoms with van der Waals surface area (Å²) >= 11 is 3.39. The van der Waals surface area contributed by atoms with Gasteiger partial charge in [0.15, 0.2) is 0 Å². The maximum Gasteiger partial charge on any atom is 0.367 e. The minimum atomic E-state index is -1.29. The molecule has 0 aromatic rings. The van der Waals surface area contributed by atoms with Crippen LogP contribution in [0.4, 0.5) is 0 Å². The Bertz CT molecular complexity index is 221. The zero-order valence-electron chi connectivity index (χ0n) is 8.58. The molecule has 14 heavy (non-hydrogen) atoms. The quantitative estimate of drug-likeness (QED) is 0.561. The van der Waals surface area contributed by atoms with Crippen molar-refractivity contribution in [1.29, 1.82) is 0 Å². The fraction of sp³-hybridized carbons (Fsp3) is 0.889. The lowest BCUT2D eigenvalue weighted by Crippen LogP contribution is -2.56. The SMILES string of the molecule is COC(=O)[C@]1(OC)O[C@@H](C)CC[C@@H]1Br. The van der Waals surface area contributed by atoms with E-state index in [0.717, 1.165) is 12.8 Å². The molecule has 0 bridgehead atoms. The van der Waals surface area contributed by atoms with Gasteiger partial charge in [-0.25, -0.2) is 4.79 Å². The van der Waals surface area contributed by atoms with Gasteiger partial charge in [-0.15, -0.1) is 0 Å². The van der Waals surface area contributed by atoms with Crippen LogP contribution < -0.4 is 0 Å². The van der Waals surface area contributed by atoms with Crippen LogP contribution in [0.15, 0.2) is 0 Å². The zero-order chi connectivity index (χ0) is 10.8. The molecule has 1 fully saturated rings. The second-order valence-electron chi connectivity index (χ2n) is 3.34. The molecular formula is C9H15BrO4. The summed E-state index contributed by atoms with van der Waals surface area (Å²) in [7, 11) is 2.77. The average Bonchev–Trinajstić information content (AvgIpc) is 2.20. The third kappa shape index (κ3) is 1.94. The summed E-state index contributed by atoms with van der Waals surface area (Å²) in [4.78, 5) is 11.4. The lowest BCUT2D eigenvalue weighted by molar-refractivity contribution is -0.261. The van der Waals surface area contributed by atoms with Crippen LogP contribution in [0.25, 0.3) is 0 Å². The van der Waals surface area contributed by atoms with Crippen molar-refractivity contribution in [3.63, 3.8) is 0 Å². The molecule has 82 valence electrons. The van der Waals surface area contributed by atoms with Crippen molar-refractivity contribution in [3.8, 4) is 0 Å². The molecule has 0 N–H and O–H groups in total. The average molecular weight is 267 g/mol. The van der Waals surface area contributed by atoms with E-state index in [1.807, 2.05) is 6.92 Å². The van der Waals surface area contributed by atoms with Gasteiger partial charge < -0.3 is 14.2 Å². The van der Waals surface area contributed by atoms with Gasteiger partial charge >= 0.3 is 5.97 Å². The first-order chi connectivity index (χ1) is 6.56. The van der Waals surface area contributed by atoms with Crippen molar-refractivity contribution in [2.24, 2.45) is 0 Å². The number of rotatable bonds is 2. The summed E-state index contributed by atoms with van der Waals surface area (Å²) in [6, 6.07) is 0. The molecule has 1 aliphatic heterocycles. The van der Waals surface area contributed by atoms with Crippen LogP contribution in [0.1, 0.15) is 19.8 Å². The molecule has 1 rings (SSSR count). The molecule has 1 heterocycles. The standard InChI is InChI=1S/C9H15BrO4/c1-6-4-5-7(10)9(13-3,14-6)8(11)12-2/h6-7H,4-5H2,1-3H3/t6-,7-,9+/m0/s1. The largest absolute Gasteiger partial charge is 0.465 e. The molecular weight excluding hydrogens is 252 g/mol. The van der Waals surface area contributed by atoms with Crippen LogP contribution in [-0.2, 0) is 19.0 Å². The van der Waals surface area contributed by atoms with Crippen LogP contribution in [-0.4, -0.2) is 36.9 Å². The molecule has 0 aromatic heterocycles. The van der Waals surface area contributed by atoms with E-state index < -0.39 is 11.8 Å². The Hall–Kier alpha value is -0.130. The van der Waals surface area contributed by atoms with Crippen molar-refractivity contribution in [1.82, 2.24) is 0 Å². The first-order valence-electron chi connectivity index (χ1n) is 4.52. The molecule has 0 radical (unpaired) electrons. The van der Waals surface area contributed by atoms with Crippen molar-refractivity contribution in [3.05, 3.63) is 0 Å². The molecule has 0 amide bonds. The highest BCUT2D eigenvalue weighted by Gasteiger charge is 2.51. The summed E-state index contributed by atoms with van der Waals surface area (Å²) in [5.74, 6) is -1.78. The maximum atomic E-state index is 11.6. The Morgan fingerprint density at radius 3 is 2.64 bits per heavy atom. The molecule has 5 heteroatoms. The third-order valence-corrected chi connectivity index (χ3v) is 3.45. The van der Waals surface area contributed by atoms with E-state index in [0.29, 0.717) is 0 Å². The van der Waals surface area contributed by atoms with E-state index >= 15 is 0 Å². The van der Waals surface area contributed by atoms with Crippen molar-refractivity contribution < 1.29 is 19.0 Å². The number of carbonyl (C=O) groups excluding carboxylic acids is 1. The number of carbonyl (C=O) groups is 1. The fourth-order valence-corrected chi connectivity index (χ4v) is 2.33. The second-order valence-corrected chi connectivity index (χ2v) is 4.44. The highest BCUT2D eigenvalue weighted by Crippen LogP contribution is 2.35. The lowest BCUT2D eigenvalue weighted by Gasteiger charge is -2.39. The van der Waals surface area contributed by atoms with E-state index in [-0.39, 0.29) is 10.9 Å². The van der Waals surface area contributed by atoms with Gasteiger partial charge in [-0.05, 0) is 19.8 Å². The summed E-state index contributed by atoms with van der Waals surface area (Å²) in [5.41, 5.74) is 0. The summed E-state index contributed by atoms with van der Waals surface area (Å²) in [6.07, 6.45) is 1.73. The second kappa shape index (κ2) is 4.59. The van der Waals surface area contributed by atoms with E-state index in [1.54, 1.807) is 0 Å². The first-order valence-corrected chi connectivity index (χ1v) is 5.44. The van der Waals surface area contributed by atoms with Gasteiger partial charge in [0.1, 0.15) is 0 Å². The fourth-order valence-electron chi connectivity index (χ4n) is 1.58. The normalized spacial score (nSPS) is 38.0. The van der Waals surface area contributed by atoms with Crippen LogP contribution in [0.3, 0.4) is 0 Å². The third-order valence-electron chi connectivity index (χ3n) is 2.39. The lowest BCUT2D eigenvalue weighted by atomic mass is 10.0.